The topological polar surface area (TPSA) is 76.5 Å². The van der Waals surface area contributed by atoms with Gasteiger partial charge in [-0.1, -0.05) is 59.8 Å². The van der Waals surface area contributed by atoms with E-state index < -0.39 is 5.82 Å². The van der Waals surface area contributed by atoms with Crippen LogP contribution in [-0.2, 0) is 0 Å². The molecule has 9 heteroatoms. The molecule has 0 fully saturated rings. The van der Waals surface area contributed by atoms with Crippen molar-refractivity contribution in [3.63, 3.8) is 0 Å². The average molecular weight is 478 g/mol. The number of nitrogens with one attached hydrogen (secondary N) is 1. The fraction of sp³-hybridized carbons (Fsp3) is 0.0833. The van der Waals surface area contributed by atoms with Gasteiger partial charge in [-0.05, 0) is 43.3 Å². The highest BCUT2D eigenvalue weighted by atomic mass is 35.5. The summed E-state index contributed by atoms with van der Waals surface area (Å²) in [5, 5.41) is 9.81. The summed E-state index contributed by atoms with van der Waals surface area (Å²) in [7, 11) is 0. The van der Waals surface area contributed by atoms with E-state index in [4.69, 9.17) is 11.6 Å². The molecule has 1 unspecified atom stereocenters. The SMILES string of the molecule is CC(Sc1nnc(-c2ccccc2Cl)n1-c1ccccc1F)c1nc2ccccc2c(=O)[nH]1. The number of nitrogens with zero attached hydrogens (tertiary/aromatic N) is 4. The Morgan fingerprint density at radius 2 is 1.73 bits per heavy atom. The molecule has 0 spiro atoms. The van der Waals surface area contributed by atoms with Crippen molar-refractivity contribution in [1.82, 2.24) is 24.7 Å². The molecule has 0 saturated heterocycles. The summed E-state index contributed by atoms with van der Waals surface area (Å²) in [4.78, 5) is 20.0. The Morgan fingerprint density at radius 3 is 2.55 bits per heavy atom. The third-order valence-corrected chi connectivity index (χ3v) is 6.52. The normalized spacial score (nSPS) is 12.2. The molecule has 0 aliphatic heterocycles. The van der Waals surface area contributed by atoms with E-state index in [0.717, 1.165) is 0 Å². The summed E-state index contributed by atoms with van der Waals surface area (Å²) in [5.74, 6) is 0.490. The van der Waals surface area contributed by atoms with Crippen molar-refractivity contribution >= 4 is 34.3 Å². The van der Waals surface area contributed by atoms with Crippen molar-refractivity contribution in [2.24, 2.45) is 0 Å². The van der Waals surface area contributed by atoms with Crippen LogP contribution in [0.5, 0.6) is 0 Å². The molecule has 0 bridgehead atoms. The number of aromatic nitrogens is 5. The Morgan fingerprint density at radius 1 is 1.00 bits per heavy atom. The van der Waals surface area contributed by atoms with Crippen LogP contribution in [-0.4, -0.2) is 24.7 Å². The van der Waals surface area contributed by atoms with E-state index in [9.17, 15) is 9.18 Å². The minimum Gasteiger partial charge on any atom is -0.309 e. The van der Waals surface area contributed by atoms with E-state index in [1.807, 2.05) is 31.2 Å². The van der Waals surface area contributed by atoms with Crippen molar-refractivity contribution in [2.45, 2.75) is 17.3 Å². The van der Waals surface area contributed by atoms with E-state index in [-0.39, 0.29) is 10.8 Å². The van der Waals surface area contributed by atoms with Gasteiger partial charge >= 0.3 is 0 Å². The molecule has 3 aromatic carbocycles. The van der Waals surface area contributed by atoms with E-state index >= 15 is 0 Å². The summed E-state index contributed by atoms with van der Waals surface area (Å²) in [6.07, 6.45) is 0. The zero-order chi connectivity index (χ0) is 22.9. The first-order valence-corrected chi connectivity index (χ1v) is 11.4. The minimum absolute atomic E-state index is 0.213. The van der Waals surface area contributed by atoms with Gasteiger partial charge in [-0.2, -0.15) is 0 Å². The first kappa shape index (κ1) is 21.4. The lowest BCUT2D eigenvalue weighted by molar-refractivity contribution is 0.613. The number of H-pyrrole nitrogens is 1. The first-order chi connectivity index (χ1) is 16.0. The van der Waals surface area contributed by atoms with Crippen LogP contribution < -0.4 is 5.56 Å². The molecule has 5 rings (SSSR count). The fourth-order valence-corrected chi connectivity index (χ4v) is 4.66. The molecule has 0 saturated carbocycles. The fourth-order valence-electron chi connectivity index (χ4n) is 3.52. The first-order valence-electron chi connectivity index (χ1n) is 10.1. The van der Waals surface area contributed by atoms with Gasteiger partial charge in [0.1, 0.15) is 11.6 Å². The van der Waals surface area contributed by atoms with Crippen LogP contribution in [0.25, 0.3) is 28.0 Å². The predicted octanol–water partition coefficient (Wildman–Crippen LogP) is 5.82. The van der Waals surface area contributed by atoms with Crippen molar-refractivity contribution in [1.29, 1.82) is 0 Å². The van der Waals surface area contributed by atoms with Gasteiger partial charge in [-0.3, -0.25) is 9.36 Å². The van der Waals surface area contributed by atoms with Gasteiger partial charge < -0.3 is 4.98 Å². The molecule has 33 heavy (non-hydrogen) atoms. The van der Waals surface area contributed by atoms with Gasteiger partial charge in [0, 0.05) is 5.56 Å². The molecular weight excluding hydrogens is 461 g/mol. The van der Waals surface area contributed by atoms with Crippen LogP contribution in [0.15, 0.2) is 82.7 Å². The van der Waals surface area contributed by atoms with Crippen LogP contribution in [0.3, 0.4) is 0 Å². The van der Waals surface area contributed by atoms with E-state index in [2.05, 4.69) is 20.2 Å². The van der Waals surface area contributed by atoms with Gasteiger partial charge in [0.25, 0.3) is 5.56 Å². The third kappa shape index (κ3) is 4.03. The standard InChI is InChI=1S/C24H17ClFN5OS/c1-14(21-27-19-12-6-3-9-16(19)23(32)28-21)33-24-30-29-22(15-8-2-4-10-17(15)25)31(24)20-13-7-5-11-18(20)26/h2-14H,1H3,(H,27,28,32). The van der Waals surface area contributed by atoms with Gasteiger partial charge in [0.2, 0.25) is 0 Å². The Labute approximate surface area is 197 Å². The van der Waals surface area contributed by atoms with Crippen molar-refractivity contribution in [2.75, 3.05) is 0 Å². The second-order valence-electron chi connectivity index (χ2n) is 7.30. The van der Waals surface area contributed by atoms with E-state index in [1.165, 1.54) is 17.8 Å². The van der Waals surface area contributed by atoms with Crippen LogP contribution in [0.1, 0.15) is 18.0 Å². The molecule has 164 valence electrons. The number of hydrogen-bond donors (Lipinski definition) is 1. The number of halogens is 2. The highest BCUT2D eigenvalue weighted by Gasteiger charge is 2.23. The molecule has 1 atom stereocenters. The van der Waals surface area contributed by atoms with Gasteiger partial charge in [0.05, 0.1) is 26.9 Å². The highest BCUT2D eigenvalue weighted by Crippen LogP contribution is 2.37. The lowest BCUT2D eigenvalue weighted by Gasteiger charge is -2.14. The Hall–Kier alpha value is -3.49. The molecule has 0 aliphatic rings. The van der Waals surface area contributed by atoms with Crippen molar-refractivity contribution in [3.05, 3.63) is 99.8 Å². The molecule has 2 aromatic heterocycles. The predicted molar refractivity (Wildman–Crippen MR) is 128 cm³/mol. The number of thioether (sulfide) groups is 1. The minimum atomic E-state index is -0.419. The monoisotopic (exact) mass is 477 g/mol. The molecule has 5 aromatic rings. The summed E-state index contributed by atoms with van der Waals surface area (Å²) in [6.45, 7) is 1.90. The molecule has 0 amide bonds. The Balaban J connectivity index is 1.61. The molecular formula is C24H17ClFN5OS. The zero-order valence-corrected chi connectivity index (χ0v) is 18.9. The summed E-state index contributed by atoms with van der Waals surface area (Å²) >= 11 is 7.72. The number of benzene rings is 3. The van der Waals surface area contributed by atoms with Crippen molar-refractivity contribution in [3.8, 4) is 17.1 Å². The average Bonchev–Trinajstić information content (AvgIpc) is 3.22. The van der Waals surface area contributed by atoms with Crippen LogP contribution in [0.4, 0.5) is 4.39 Å². The summed E-state index contributed by atoms with van der Waals surface area (Å²) in [5.41, 5.74) is 1.32. The van der Waals surface area contributed by atoms with Crippen molar-refractivity contribution < 1.29 is 4.39 Å². The maximum atomic E-state index is 14.8. The van der Waals surface area contributed by atoms with Gasteiger partial charge in [-0.25, -0.2) is 9.37 Å². The molecule has 0 aliphatic carbocycles. The summed E-state index contributed by atoms with van der Waals surface area (Å²) in [6, 6.07) is 20.8. The number of hydrogen-bond acceptors (Lipinski definition) is 5. The molecule has 2 heterocycles. The lowest BCUT2D eigenvalue weighted by Crippen LogP contribution is -2.13. The maximum Gasteiger partial charge on any atom is 0.258 e. The zero-order valence-electron chi connectivity index (χ0n) is 17.4. The van der Waals surface area contributed by atoms with E-state index in [0.29, 0.717) is 44.0 Å². The number of aromatic amines is 1. The maximum absolute atomic E-state index is 14.8. The Bertz CT molecular complexity index is 1530. The highest BCUT2D eigenvalue weighted by molar-refractivity contribution is 7.99. The third-order valence-electron chi connectivity index (χ3n) is 5.14. The van der Waals surface area contributed by atoms with Crippen LogP contribution in [0, 0.1) is 5.82 Å². The molecule has 6 nitrogen and oxygen atoms in total. The van der Waals surface area contributed by atoms with Gasteiger partial charge in [-0.15, -0.1) is 10.2 Å². The summed E-state index contributed by atoms with van der Waals surface area (Å²) < 4.78 is 16.5. The lowest BCUT2D eigenvalue weighted by atomic mass is 10.2. The number of fused-ring (bicyclic) bond motifs is 1. The van der Waals surface area contributed by atoms with Crippen LogP contribution >= 0.6 is 23.4 Å². The van der Waals surface area contributed by atoms with Gasteiger partial charge in [0.15, 0.2) is 11.0 Å². The molecule has 0 radical (unpaired) electrons. The van der Waals surface area contributed by atoms with E-state index in [1.54, 1.807) is 47.0 Å². The number of rotatable bonds is 5. The number of para-hydroxylation sites is 2. The van der Waals surface area contributed by atoms with Crippen LogP contribution in [0.2, 0.25) is 5.02 Å². The quantitative estimate of drug-likeness (QED) is 0.323. The second-order valence-corrected chi connectivity index (χ2v) is 9.02. The largest absolute Gasteiger partial charge is 0.309 e. The Kier molecular flexibility index (Phi) is 5.70. The molecule has 1 N–H and O–H groups in total. The smallest absolute Gasteiger partial charge is 0.258 e. The second kappa shape index (κ2) is 8.80.